The van der Waals surface area contributed by atoms with Gasteiger partial charge in [-0.2, -0.15) is 10.4 Å². The molecule has 24 heavy (non-hydrogen) atoms. The van der Waals surface area contributed by atoms with Crippen LogP contribution in [0.3, 0.4) is 0 Å². The number of aryl methyl sites for hydroxylation is 1. The number of rotatable bonds is 3. The summed E-state index contributed by atoms with van der Waals surface area (Å²) in [6.07, 6.45) is 0.446. The summed E-state index contributed by atoms with van der Waals surface area (Å²) in [6, 6.07) is 5.48. The Kier molecular flexibility index (Phi) is 4.09. The molecule has 1 aliphatic carbocycles. The first-order chi connectivity index (χ1) is 11.2. The Labute approximate surface area is 158 Å². The van der Waals surface area contributed by atoms with E-state index in [4.69, 9.17) is 51.9 Å². The average Bonchev–Trinajstić information content (AvgIpc) is 2.84. The Morgan fingerprint density at radius 1 is 1.33 bits per heavy atom. The second kappa shape index (κ2) is 5.60. The molecule has 1 saturated carbocycles. The van der Waals surface area contributed by atoms with Gasteiger partial charge in [-0.1, -0.05) is 30.1 Å². The van der Waals surface area contributed by atoms with Crippen molar-refractivity contribution in [3.8, 4) is 11.8 Å². The van der Waals surface area contributed by atoms with E-state index in [-0.39, 0.29) is 11.4 Å². The highest BCUT2D eigenvalue weighted by molar-refractivity contribution is 6.52. The van der Waals surface area contributed by atoms with Gasteiger partial charge < -0.3 is 0 Å². The third-order valence-corrected chi connectivity index (χ3v) is 5.91. The molecule has 1 atom stereocenters. The van der Waals surface area contributed by atoms with Gasteiger partial charge in [0.2, 0.25) is 0 Å². The summed E-state index contributed by atoms with van der Waals surface area (Å²) < 4.78 is 0.288. The molecular formula is C15H11Cl4N5. The van der Waals surface area contributed by atoms with Crippen molar-refractivity contribution in [2.45, 2.75) is 30.0 Å². The molecule has 1 fully saturated rings. The predicted octanol–water partition coefficient (Wildman–Crippen LogP) is 5.86. The number of benzene rings is 1. The Morgan fingerprint density at radius 2 is 1.88 bits per heavy atom. The van der Waals surface area contributed by atoms with Gasteiger partial charge in [-0.15, -0.1) is 28.3 Å². The van der Waals surface area contributed by atoms with Crippen LogP contribution in [0.2, 0.25) is 10.0 Å². The highest BCUT2D eigenvalue weighted by atomic mass is 35.5. The number of hydrogen-bond acceptors (Lipinski definition) is 4. The third-order valence-electron chi connectivity index (χ3n) is 4.23. The summed E-state index contributed by atoms with van der Waals surface area (Å²) in [4.78, 5) is 0. The first-order valence-electron chi connectivity index (χ1n) is 6.91. The van der Waals surface area contributed by atoms with Crippen LogP contribution in [0.15, 0.2) is 17.2 Å². The van der Waals surface area contributed by atoms with Crippen LogP contribution < -0.4 is 0 Å². The largest absolute Gasteiger partial charge is 0.209 e. The second-order valence-electron chi connectivity index (χ2n) is 5.97. The Bertz CT molecular complexity index is 888. The molecule has 1 heterocycles. The van der Waals surface area contributed by atoms with Gasteiger partial charge in [0.05, 0.1) is 15.7 Å². The molecule has 0 aliphatic heterocycles. The van der Waals surface area contributed by atoms with Gasteiger partial charge in [-0.05, 0) is 31.0 Å². The van der Waals surface area contributed by atoms with E-state index in [1.54, 1.807) is 12.1 Å². The number of hydrogen-bond donors (Lipinski definition) is 1. The lowest BCUT2D eigenvalue weighted by Crippen LogP contribution is -2.13. The summed E-state index contributed by atoms with van der Waals surface area (Å²) >= 11 is 25.1. The van der Waals surface area contributed by atoms with Crippen molar-refractivity contribution in [1.29, 1.82) is 10.8 Å². The van der Waals surface area contributed by atoms with Crippen LogP contribution >= 0.6 is 46.4 Å². The van der Waals surface area contributed by atoms with Crippen LogP contribution in [0.5, 0.6) is 0 Å². The fraction of sp³-hybridized carbons (Fsp3) is 0.333. The highest BCUT2D eigenvalue weighted by Crippen LogP contribution is 2.65. The van der Waals surface area contributed by atoms with E-state index in [0.717, 1.165) is 5.56 Å². The molecule has 0 radical (unpaired) electrons. The molecule has 1 aliphatic rings. The molecule has 0 spiro atoms. The van der Waals surface area contributed by atoms with Crippen molar-refractivity contribution < 1.29 is 0 Å². The minimum atomic E-state index is -1.02. The van der Waals surface area contributed by atoms with Crippen molar-refractivity contribution in [1.82, 2.24) is 9.78 Å². The SMILES string of the molecule is Cc1cc(Cl)c(-n2nc(C3(C)CC3(Cl)Cl)c(C#N)c2N=N)c(Cl)c1. The van der Waals surface area contributed by atoms with Gasteiger partial charge in [0.1, 0.15) is 21.7 Å². The zero-order valence-corrected chi connectivity index (χ0v) is 15.7. The summed E-state index contributed by atoms with van der Waals surface area (Å²) in [5, 5.41) is 18.1. The van der Waals surface area contributed by atoms with Crippen LogP contribution in [0, 0.1) is 23.8 Å². The van der Waals surface area contributed by atoms with Gasteiger partial charge in [0, 0.05) is 5.41 Å². The van der Waals surface area contributed by atoms with Crippen LogP contribution in [-0.2, 0) is 5.41 Å². The number of nitrogens with zero attached hydrogens (tertiary/aromatic N) is 4. The van der Waals surface area contributed by atoms with E-state index < -0.39 is 9.75 Å². The number of nitriles is 1. The van der Waals surface area contributed by atoms with E-state index >= 15 is 0 Å². The molecule has 1 N–H and O–H groups in total. The highest BCUT2D eigenvalue weighted by Gasteiger charge is 2.66. The zero-order valence-electron chi connectivity index (χ0n) is 12.7. The van der Waals surface area contributed by atoms with E-state index in [0.29, 0.717) is 27.8 Å². The van der Waals surface area contributed by atoms with E-state index in [1.807, 2.05) is 19.9 Å². The van der Waals surface area contributed by atoms with E-state index in [1.165, 1.54) is 4.68 Å². The lowest BCUT2D eigenvalue weighted by Gasteiger charge is -2.10. The van der Waals surface area contributed by atoms with Crippen LogP contribution in [0.1, 0.15) is 30.2 Å². The topological polar surface area (TPSA) is 77.8 Å². The molecule has 124 valence electrons. The maximum atomic E-state index is 9.54. The van der Waals surface area contributed by atoms with Crippen molar-refractivity contribution >= 4 is 52.2 Å². The maximum absolute atomic E-state index is 9.54. The molecule has 1 unspecified atom stereocenters. The van der Waals surface area contributed by atoms with Gasteiger partial charge in [0.25, 0.3) is 0 Å². The Hall–Kier alpha value is -1.32. The Morgan fingerprint density at radius 3 is 2.29 bits per heavy atom. The number of aromatic nitrogens is 2. The zero-order chi connectivity index (χ0) is 17.9. The summed E-state index contributed by atoms with van der Waals surface area (Å²) in [5.74, 6) is 0.0393. The first kappa shape index (κ1) is 17.5. The molecule has 1 aromatic heterocycles. The molecule has 5 nitrogen and oxygen atoms in total. The number of nitrogens with one attached hydrogen (secondary N) is 1. The number of halogens is 4. The number of alkyl halides is 2. The first-order valence-corrected chi connectivity index (χ1v) is 8.42. The Balaban J connectivity index is 2.31. The standard InChI is InChI=1S/C15H11Cl4N5/c1-7-3-9(16)11(10(17)4-7)24-13(22-21)8(5-20)12(23-24)14(2)6-15(14,18)19/h3-4,21H,6H2,1-2H3. The van der Waals surface area contributed by atoms with E-state index in [2.05, 4.69) is 10.2 Å². The molecule has 9 heteroatoms. The van der Waals surface area contributed by atoms with Crippen molar-refractivity contribution in [3.05, 3.63) is 39.0 Å². The lowest BCUT2D eigenvalue weighted by atomic mass is 10.0. The van der Waals surface area contributed by atoms with Crippen molar-refractivity contribution in [3.63, 3.8) is 0 Å². The average molecular weight is 403 g/mol. The molecule has 0 bridgehead atoms. The molecule has 3 rings (SSSR count). The summed E-state index contributed by atoms with van der Waals surface area (Å²) in [6.45, 7) is 3.67. The monoisotopic (exact) mass is 401 g/mol. The van der Waals surface area contributed by atoms with Gasteiger partial charge in [0.15, 0.2) is 5.82 Å². The van der Waals surface area contributed by atoms with Crippen LogP contribution in [0.4, 0.5) is 5.82 Å². The van der Waals surface area contributed by atoms with Gasteiger partial charge in [-0.3, -0.25) is 0 Å². The second-order valence-corrected chi connectivity index (χ2v) is 8.27. The fourth-order valence-corrected chi connectivity index (χ4v) is 4.18. The lowest BCUT2D eigenvalue weighted by molar-refractivity contribution is 0.706. The summed E-state index contributed by atoms with van der Waals surface area (Å²) in [7, 11) is 0. The minimum absolute atomic E-state index is 0.0393. The minimum Gasteiger partial charge on any atom is -0.209 e. The molecule has 0 amide bonds. The predicted molar refractivity (Wildman–Crippen MR) is 94.2 cm³/mol. The van der Waals surface area contributed by atoms with Crippen molar-refractivity contribution in [2.75, 3.05) is 0 Å². The van der Waals surface area contributed by atoms with Crippen LogP contribution in [0.25, 0.3) is 5.69 Å². The summed E-state index contributed by atoms with van der Waals surface area (Å²) in [5.41, 5.74) is 8.52. The molecule has 0 saturated heterocycles. The van der Waals surface area contributed by atoms with Crippen LogP contribution in [-0.4, -0.2) is 14.1 Å². The fourth-order valence-electron chi connectivity index (χ4n) is 2.71. The molecular weight excluding hydrogens is 392 g/mol. The smallest absolute Gasteiger partial charge is 0.195 e. The quantitative estimate of drug-likeness (QED) is 0.515. The normalized spacial score (nSPS) is 21.4. The van der Waals surface area contributed by atoms with Gasteiger partial charge in [-0.25, -0.2) is 10.2 Å². The van der Waals surface area contributed by atoms with Gasteiger partial charge >= 0.3 is 0 Å². The third kappa shape index (κ3) is 2.41. The van der Waals surface area contributed by atoms with E-state index in [9.17, 15) is 5.26 Å². The maximum Gasteiger partial charge on any atom is 0.195 e. The molecule has 2 aromatic rings. The molecule has 1 aromatic carbocycles. The van der Waals surface area contributed by atoms with Crippen molar-refractivity contribution in [2.24, 2.45) is 5.11 Å².